The predicted molar refractivity (Wildman–Crippen MR) is 89.7 cm³/mol. The summed E-state index contributed by atoms with van der Waals surface area (Å²) < 4.78 is 6.04. The minimum absolute atomic E-state index is 0.281. The van der Waals surface area contributed by atoms with Crippen LogP contribution in [0, 0.1) is 0 Å². The SMILES string of the molecule is CCCCCCCC(CC1OCCc2ccccc21)NC. The van der Waals surface area contributed by atoms with Gasteiger partial charge in [0.15, 0.2) is 0 Å². The topological polar surface area (TPSA) is 21.3 Å². The highest BCUT2D eigenvalue weighted by Crippen LogP contribution is 2.31. The molecule has 2 nitrogen and oxygen atoms in total. The summed E-state index contributed by atoms with van der Waals surface area (Å²) in [6.07, 6.45) is 10.5. The van der Waals surface area contributed by atoms with Crippen LogP contribution in [0.5, 0.6) is 0 Å². The second-order valence-corrected chi connectivity index (χ2v) is 6.23. The molecule has 1 aromatic rings. The van der Waals surface area contributed by atoms with Crippen molar-refractivity contribution < 1.29 is 4.74 Å². The van der Waals surface area contributed by atoms with Crippen LogP contribution in [0.15, 0.2) is 24.3 Å². The fourth-order valence-corrected chi connectivity index (χ4v) is 3.30. The van der Waals surface area contributed by atoms with E-state index in [1.54, 1.807) is 0 Å². The molecule has 21 heavy (non-hydrogen) atoms. The van der Waals surface area contributed by atoms with E-state index in [0.717, 1.165) is 19.4 Å². The molecule has 2 rings (SSSR count). The molecule has 2 atom stereocenters. The molecular formula is C19H31NO. The van der Waals surface area contributed by atoms with Crippen LogP contribution in [-0.4, -0.2) is 19.7 Å². The molecule has 0 bridgehead atoms. The maximum absolute atomic E-state index is 6.04. The van der Waals surface area contributed by atoms with Crippen molar-refractivity contribution in [3.05, 3.63) is 35.4 Å². The van der Waals surface area contributed by atoms with Crippen LogP contribution >= 0.6 is 0 Å². The van der Waals surface area contributed by atoms with Gasteiger partial charge in [-0.25, -0.2) is 0 Å². The van der Waals surface area contributed by atoms with Gasteiger partial charge in [-0.2, -0.15) is 0 Å². The Bertz CT molecular complexity index is 404. The molecule has 0 saturated carbocycles. The van der Waals surface area contributed by atoms with Crippen LogP contribution in [0.1, 0.15) is 69.1 Å². The van der Waals surface area contributed by atoms with Crippen LogP contribution in [-0.2, 0) is 11.2 Å². The average Bonchev–Trinajstić information content (AvgIpc) is 2.53. The Labute approximate surface area is 130 Å². The first-order valence-electron chi connectivity index (χ1n) is 8.71. The zero-order valence-electron chi connectivity index (χ0n) is 13.7. The van der Waals surface area contributed by atoms with Crippen molar-refractivity contribution in [1.29, 1.82) is 0 Å². The highest BCUT2D eigenvalue weighted by molar-refractivity contribution is 5.31. The van der Waals surface area contributed by atoms with E-state index in [2.05, 4.69) is 43.6 Å². The summed E-state index contributed by atoms with van der Waals surface area (Å²) in [5, 5.41) is 3.49. The van der Waals surface area contributed by atoms with Gasteiger partial charge in [-0.15, -0.1) is 0 Å². The number of benzene rings is 1. The standard InChI is InChI=1S/C19H31NO/c1-3-4-5-6-7-11-17(20-2)15-19-18-12-9-8-10-16(18)13-14-21-19/h8-10,12,17,19-20H,3-7,11,13-15H2,1-2H3. The minimum atomic E-state index is 0.281. The number of hydrogen-bond acceptors (Lipinski definition) is 2. The van der Waals surface area contributed by atoms with Crippen LogP contribution in [0.3, 0.4) is 0 Å². The third-order valence-electron chi connectivity index (χ3n) is 4.66. The third-order valence-corrected chi connectivity index (χ3v) is 4.66. The maximum Gasteiger partial charge on any atom is 0.0842 e. The molecule has 2 heteroatoms. The van der Waals surface area contributed by atoms with E-state index in [-0.39, 0.29) is 6.10 Å². The van der Waals surface area contributed by atoms with Gasteiger partial charge < -0.3 is 10.1 Å². The molecule has 1 aromatic carbocycles. The Hall–Kier alpha value is -0.860. The van der Waals surface area contributed by atoms with Crippen LogP contribution in [0.25, 0.3) is 0 Å². The summed E-state index contributed by atoms with van der Waals surface area (Å²) in [6.45, 7) is 3.14. The number of nitrogens with one attached hydrogen (secondary N) is 1. The average molecular weight is 289 g/mol. The molecule has 2 unspecified atom stereocenters. The molecule has 0 saturated heterocycles. The van der Waals surface area contributed by atoms with Gasteiger partial charge in [0.2, 0.25) is 0 Å². The van der Waals surface area contributed by atoms with Crippen LogP contribution in [0.2, 0.25) is 0 Å². The highest BCUT2D eigenvalue weighted by atomic mass is 16.5. The lowest BCUT2D eigenvalue weighted by Gasteiger charge is -2.29. The second kappa shape index (κ2) is 9.22. The fourth-order valence-electron chi connectivity index (χ4n) is 3.30. The van der Waals surface area contributed by atoms with Gasteiger partial charge in [0.05, 0.1) is 12.7 Å². The molecule has 1 heterocycles. The van der Waals surface area contributed by atoms with Crippen LogP contribution < -0.4 is 5.32 Å². The van der Waals surface area contributed by atoms with E-state index in [4.69, 9.17) is 4.74 Å². The summed E-state index contributed by atoms with van der Waals surface area (Å²) in [5.74, 6) is 0. The smallest absolute Gasteiger partial charge is 0.0842 e. The van der Waals surface area contributed by atoms with Crippen molar-refractivity contribution >= 4 is 0 Å². The second-order valence-electron chi connectivity index (χ2n) is 6.23. The molecule has 1 N–H and O–H groups in total. The summed E-state index contributed by atoms with van der Waals surface area (Å²) in [4.78, 5) is 0. The largest absolute Gasteiger partial charge is 0.373 e. The summed E-state index contributed by atoms with van der Waals surface area (Å²) in [5.41, 5.74) is 2.89. The monoisotopic (exact) mass is 289 g/mol. The molecule has 0 fully saturated rings. The number of fused-ring (bicyclic) bond motifs is 1. The molecule has 0 radical (unpaired) electrons. The normalized spacial score (nSPS) is 19.2. The summed E-state index contributed by atoms with van der Waals surface area (Å²) in [7, 11) is 2.09. The minimum Gasteiger partial charge on any atom is -0.373 e. The van der Waals surface area contributed by atoms with E-state index in [0.29, 0.717) is 6.04 Å². The Morgan fingerprint density at radius 3 is 2.81 bits per heavy atom. The van der Waals surface area contributed by atoms with Gasteiger partial charge in [-0.05, 0) is 37.4 Å². The molecule has 0 aliphatic carbocycles. The van der Waals surface area contributed by atoms with Crippen molar-refractivity contribution in [3.63, 3.8) is 0 Å². The van der Waals surface area contributed by atoms with E-state index in [9.17, 15) is 0 Å². The van der Waals surface area contributed by atoms with E-state index in [1.165, 1.54) is 49.7 Å². The van der Waals surface area contributed by atoms with Crippen molar-refractivity contribution in [1.82, 2.24) is 5.32 Å². The van der Waals surface area contributed by atoms with E-state index < -0.39 is 0 Å². The zero-order chi connectivity index (χ0) is 14.9. The quantitative estimate of drug-likeness (QED) is 0.669. The molecule has 1 aliphatic heterocycles. The predicted octanol–water partition coefficient (Wildman–Crippen LogP) is 4.64. The number of rotatable bonds is 9. The first-order valence-corrected chi connectivity index (χ1v) is 8.71. The number of ether oxygens (including phenoxy) is 1. The lowest BCUT2D eigenvalue weighted by molar-refractivity contribution is 0.0292. The molecule has 118 valence electrons. The molecule has 1 aliphatic rings. The van der Waals surface area contributed by atoms with Crippen molar-refractivity contribution in [2.45, 2.75) is 70.4 Å². The molecule has 0 aromatic heterocycles. The Balaban J connectivity index is 1.82. The van der Waals surface area contributed by atoms with Crippen LogP contribution in [0.4, 0.5) is 0 Å². The summed E-state index contributed by atoms with van der Waals surface area (Å²) >= 11 is 0. The Morgan fingerprint density at radius 2 is 2.00 bits per heavy atom. The first-order chi connectivity index (χ1) is 10.3. The maximum atomic E-state index is 6.04. The summed E-state index contributed by atoms with van der Waals surface area (Å²) in [6, 6.07) is 9.35. The van der Waals surface area contributed by atoms with Crippen molar-refractivity contribution in [3.8, 4) is 0 Å². The van der Waals surface area contributed by atoms with E-state index in [1.807, 2.05) is 0 Å². The molecular weight excluding hydrogens is 258 g/mol. The fraction of sp³-hybridized carbons (Fsp3) is 0.684. The van der Waals surface area contributed by atoms with Gasteiger partial charge in [-0.1, -0.05) is 63.3 Å². The molecule has 0 amide bonds. The van der Waals surface area contributed by atoms with Gasteiger partial charge in [-0.3, -0.25) is 0 Å². The van der Waals surface area contributed by atoms with Gasteiger partial charge in [0.25, 0.3) is 0 Å². The first kappa shape index (κ1) is 16.5. The van der Waals surface area contributed by atoms with Crippen molar-refractivity contribution in [2.24, 2.45) is 0 Å². The lowest BCUT2D eigenvalue weighted by Crippen LogP contribution is -2.29. The van der Waals surface area contributed by atoms with Gasteiger partial charge >= 0.3 is 0 Å². The lowest BCUT2D eigenvalue weighted by atomic mass is 9.92. The number of hydrogen-bond donors (Lipinski definition) is 1. The zero-order valence-corrected chi connectivity index (χ0v) is 13.7. The highest BCUT2D eigenvalue weighted by Gasteiger charge is 2.23. The van der Waals surface area contributed by atoms with Gasteiger partial charge in [0.1, 0.15) is 0 Å². The number of unbranched alkanes of at least 4 members (excludes halogenated alkanes) is 4. The van der Waals surface area contributed by atoms with E-state index >= 15 is 0 Å². The van der Waals surface area contributed by atoms with Gasteiger partial charge in [0, 0.05) is 6.04 Å². The Morgan fingerprint density at radius 1 is 1.19 bits per heavy atom. The van der Waals surface area contributed by atoms with Crippen molar-refractivity contribution in [2.75, 3.05) is 13.7 Å². The Kier molecular flexibility index (Phi) is 7.25. The molecule has 0 spiro atoms. The third kappa shape index (κ3) is 5.12.